The first-order chi connectivity index (χ1) is 10.5. The van der Waals surface area contributed by atoms with E-state index in [1.165, 1.54) is 12.0 Å². The number of fused-ring (bicyclic) bond motifs is 1. The highest BCUT2D eigenvalue weighted by molar-refractivity contribution is 7.80. The minimum Gasteiger partial charge on any atom is -0.471 e. The minimum absolute atomic E-state index is 0.0854. The first-order valence-electron chi connectivity index (χ1n) is 7.05. The maximum Gasteiger partial charge on any atom is 0.336 e. The standard InChI is InChI=1S/C16H17NO4S/c1-9(7-10-5-3-4-6-11(10)22)15-14(16(19)20-2)17-12(18)8-13(17)21-15/h3-6,13-14,22H,7-8H2,1-2H3. The van der Waals surface area contributed by atoms with Crippen molar-refractivity contribution >= 4 is 24.5 Å². The third-order valence-electron chi connectivity index (χ3n) is 4.03. The second-order valence-corrected chi connectivity index (χ2v) is 5.94. The molecule has 0 radical (unpaired) electrons. The van der Waals surface area contributed by atoms with Crippen molar-refractivity contribution in [3.05, 3.63) is 41.2 Å². The molecule has 22 heavy (non-hydrogen) atoms. The van der Waals surface area contributed by atoms with Gasteiger partial charge in [0.2, 0.25) is 5.91 Å². The average molecular weight is 319 g/mol. The Hall–Kier alpha value is -1.95. The normalized spacial score (nSPS) is 25.2. The fraction of sp³-hybridized carbons (Fsp3) is 0.375. The number of hydrogen-bond donors (Lipinski definition) is 1. The summed E-state index contributed by atoms with van der Waals surface area (Å²) in [7, 11) is 1.32. The van der Waals surface area contributed by atoms with Gasteiger partial charge in [0, 0.05) is 4.90 Å². The van der Waals surface area contributed by atoms with Crippen molar-refractivity contribution in [1.29, 1.82) is 0 Å². The van der Waals surface area contributed by atoms with Gasteiger partial charge in [0.15, 0.2) is 12.3 Å². The lowest BCUT2D eigenvalue weighted by atomic mass is 10.0. The zero-order chi connectivity index (χ0) is 15.9. The lowest BCUT2D eigenvalue weighted by Crippen LogP contribution is -2.55. The largest absolute Gasteiger partial charge is 0.471 e. The Morgan fingerprint density at radius 3 is 2.82 bits per heavy atom. The summed E-state index contributed by atoms with van der Waals surface area (Å²) in [5, 5.41) is 0. The number of carbonyl (C=O) groups excluding carboxylic acids is 2. The van der Waals surface area contributed by atoms with Crippen LogP contribution in [0.2, 0.25) is 0 Å². The van der Waals surface area contributed by atoms with Crippen molar-refractivity contribution in [3.63, 3.8) is 0 Å². The molecule has 2 saturated heterocycles. The highest BCUT2D eigenvalue weighted by Gasteiger charge is 2.54. The van der Waals surface area contributed by atoms with E-state index in [4.69, 9.17) is 9.47 Å². The smallest absolute Gasteiger partial charge is 0.336 e. The number of allylic oxidation sites excluding steroid dienone is 1. The SMILES string of the molecule is COC(=O)C1C(=C(C)Cc2ccccc2S)OC2CC(=O)N21. The van der Waals surface area contributed by atoms with Crippen LogP contribution in [0.25, 0.3) is 0 Å². The lowest BCUT2D eigenvalue weighted by molar-refractivity contribution is -0.164. The summed E-state index contributed by atoms with van der Waals surface area (Å²) in [5.41, 5.74) is 1.95. The number of carbonyl (C=O) groups is 2. The van der Waals surface area contributed by atoms with Crippen LogP contribution < -0.4 is 0 Å². The fourth-order valence-corrected chi connectivity index (χ4v) is 3.09. The van der Waals surface area contributed by atoms with Gasteiger partial charge in [0.05, 0.1) is 13.5 Å². The van der Waals surface area contributed by atoms with E-state index in [9.17, 15) is 9.59 Å². The van der Waals surface area contributed by atoms with Crippen LogP contribution in [0.1, 0.15) is 18.9 Å². The number of rotatable bonds is 3. The highest BCUT2D eigenvalue weighted by Crippen LogP contribution is 2.38. The summed E-state index contributed by atoms with van der Waals surface area (Å²) < 4.78 is 10.6. The molecule has 0 spiro atoms. The molecule has 6 heteroatoms. The van der Waals surface area contributed by atoms with Gasteiger partial charge in [0.25, 0.3) is 0 Å². The molecule has 116 valence electrons. The van der Waals surface area contributed by atoms with E-state index in [-0.39, 0.29) is 12.1 Å². The molecule has 1 aromatic rings. The van der Waals surface area contributed by atoms with Gasteiger partial charge < -0.3 is 9.47 Å². The van der Waals surface area contributed by atoms with E-state index in [1.54, 1.807) is 0 Å². The van der Waals surface area contributed by atoms with Crippen molar-refractivity contribution in [2.45, 2.75) is 36.9 Å². The highest BCUT2D eigenvalue weighted by atomic mass is 32.1. The van der Waals surface area contributed by atoms with Crippen LogP contribution in [0.15, 0.2) is 40.5 Å². The number of ether oxygens (including phenoxy) is 2. The van der Waals surface area contributed by atoms with Gasteiger partial charge >= 0.3 is 5.97 Å². The topological polar surface area (TPSA) is 55.8 Å². The van der Waals surface area contributed by atoms with Gasteiger partial charge in [0.1, 0.15) is 5.76 Å². The molecule has 2 aliphatic heterocycles. The first kappa shape index (κ1) is 15.0. The molecule has 5 nitrogen and oxygen atoms in total. The Morgan fingerprint density at radius 1 is 1.45 bits per heavy atom. The zero-order valence-corrected chi connectivity index (χ0v) is 13.3. The molecule has 2 fully saturated rings. The van der Waals surface area contributed by atoms with Gasteiger partial charge in [-0.1, -0.05) is 18.2 Å². The maximum absolute atomic E-state index is 12.0. The van der Waals surface area contributed by atoms with Crippen LogP contribution >= 0.6 is 12.6 Å². The molecular weight excluding hydrogens is 302 g/mol. The van der Waals surface area contributed by atoms with Gasteiger partial charge in [-0.25, -0.2) is 4.79 Å². The number of benzene rings is 1. The van der Waals surface area contributed by atoms with Crippen LogP contribution in [-0.2, 0) is 25.5 Å². The Kier molecular flexibility index (Phi) is 3.87. The van der Waals surface area contributed by atoms with Crippen LogP contribution in [0, 0.1) is 0 Å². The maximum atomic E-state index is 12.0. The monoisotopic (exact) mass is 319 g/mol. The Bertz CT molecular complexity index is 670. The van der Waals surface area contributed by atoms with E-state index >= 15 is 0 Å². The summed E-state index contributed by atoms with van der Waals surface area (Å²) in [6.07, 6.45) is 0.581. The summed E-state index contributed by atoms with van der Waals surface area (Å²) in [6.45, 7) is 1.90. The summed E-state index contributed by atoms with van der Waals surface area (Å²) in [4.78, 5) is 26.1. The van der Waals surface area contributed by atoms with Crippen LogP contribution in [-0.4, -0.2) is 36.2 Å². The molecule has 0 saturated carbocycles. The summed E-state index contributed by atoms with van der Waals surface area (Å²) >= 11 is 4.44. The molecule has 1 aromatic carbocycles. The Labute approximate surface area is 134 Å². The molecule has 0 aliphatic carbocycles. The zero-order valence-electron chi connectivity index (χ0n) is 12.4. The van der Waals surface area contributed by atoms with Gasteiger partial charge in [-0.15, -0.1) is 12.6 Å². The molecule has 2 heterocycles. The molecule has 2 unspecified atom stereocenters. The molecular formula is C16H17NO4S. The third-order valence-corrected chi connectivity index (χ3v) is 4.47. The fourth-order valence-electron chi connectivity index (χ4n) is 2.85. The van der Waals surface area contributed by atoms with E-state index in [1.807, 2.05) is 31.2 Å². The number of β-lactam (4-membered cyclic amide) rings is 1. The lowest BCUT2D eigenvalue weighted by Gasteiger charge is -2.33. The van der Waals surface area contributed by atoms with Gasteiger partial charge in [-0.05, 0) is 30.5 Å². The molecule has 0 aromatic heterocycles. The second kappa shape index (κ2) is 5.68. The van der Waals surface area contributed by atoms with Crippen LogP contribution in [0.5, 0.6) is 0 Å². The second-order valence-electron chi connectivity index (χ2n) is 5.45. The number of amides is 1. The number of thiol groups is 1. The summed E-state index contributed by atoms with van der Waals surface area (Å²) in [6, 6.07) is 7.00. The van der Waals surface area contributed by atoms with Crippen molar-refractivity contribution in [3.8, 4) is 0 Å². The van der Waals surface area contributed by atoms with Crippen molar-refractivity contribution in [2.75, 3.05) is 7.11 Å². The quantitative estimate of drug-likeness (QED) is 0.525. The molecule has 1 amide bonds. The van der Waals surface area contributed by atoms with Crippen molar-refractivity contribution < 1.29 is 19.1 Å². The van der Waals surface area contributed by atoms with Crippen LogP contribution in [0.4, 0.5) is 0 Å². The molecule has 2 atom stereocenters. The van der Waals surface area contributed by atoms with E-state index < -0.39 is 12.0 Å². The Morgan fingerprint density at radius 2 is 2.18 bits per heavy atom. The predicted octanol–water partition coefficient (Wildman–Crippen LogP) is 1.92. The van der Waals surface area contributed by atoms with Crippen molar-refractivity contribution in [2.24, 2.45) is 0 Å². The third kappa shape index (κ3) is 2.37. The minimum atomic E-state index is -0.761. The van der Waals surface area contributed by atoms with E-state index in [0.29, 0.717) is 18.6 Å². The number of esters is 1. The average Bonchev–Trinajstić information content (AvgIpc) is 2.81. The number of methoxy groups -OCH3 is 1. The predicted molar refractivity (Wildman–Crippen MR) is 82.2 cm³/mol. The van der Waals surface area contributed by atoms with Gasteiger partial charge in [-0.3, -0.25) is 9.69 Å². The van der Waals surface area contributed by atoms with E-state index in [0.717, 1.165) is 16.0 Å². The number of hydrogen-bond acceptors (Lipinski definition) is 5. The Balaban J connectivity index is 1.92. The molecule has 3 rings (SSSR count). The van der Waals surface area contributed by atoms with E-state index in [2.05, 4.69) is 12.6 Å². The first-order valence-corrected chi connectivity index (χ1v) is 7.49. The molecule has 0 N–H and O–H groups in total. The molecule has 0 bridgehead atoms. The van der Waals surface area contributed by atoms with Gasteiger partial charge in [-0.2, -0.15) is 0 Å². The number of nitrogens with zero attached hydrogens (tertiary/aromatic N) is 1. The summed E-state index contributed by atoms with van der Waals surface area (Å²) in [5.74, 6) is -0.0267. The van der Waals surface area contributed by atoms with Crippen molar-refractivity contribution in [1.82, 2.24) is 4.90 Å². The van der Waals surface area contributed by atoms with Crippen LogP contribution in [0.3, 0.4) is 0 Å². The molecule has 2 aliphatic rings.